The smallest absolute Gasteiger partial charge is 0.276 e. The van der Waals surface area contributed by atoms with Crippen LogP contribution in [0.5, 0.6) is 0 Å². The highest BCUT2D eigenvalue weighted by atomic mass is 16.5. The van der Waals surface area contributed by atoms with Crippen LogP contribution in [0.15, 0.2) is 35.0 Å². The van der Waals surface area contributed by atoms with E-state index in [1.807, 2.05) is 36.0 Å². The number of pyridine rings is 1. The van der Waals surface area contributed by atoms with Gasteiger partial charge in [0.15, 0.2) is 5.69 Å². The Hall–Kier alpha value is -3.03. The van der Waals surface area contributed by atoms with E-state index in [4.69, 9.17) is 4.52 Å². The number of carbonyl (C=O) groups excluding carboxylic acids is 1. The molecule has 3 aromatic heterocycles. The van der Waals surface area contributed by atoms with E-state index in [1.165, 1.54) is 0 Å². The van der Waals surface area contributed by atoms with E-state index in [-0.39, 0.29) is 5.91 Å². The molecule has 0 N–H and O–H groups in total. The van der Waals surface area contributed by atoms with Crippen molar-refractivity contribution in [2.75, 3.05) is 13.1 Å². The van der Waals surface area contributed by atoms with Crippen molar-refractivity contribution < 1.29 is 9.32 Å². The number of rotatable bonds is 5. The van der Waals surface area contributed by atoms with Gasteiger partial charge in [-0.2, -0.15) is 0 Å². The minimum absolute atomic E-state index is 0.0633. The first-order chi connectivity index (χ1) is 12.6. The Morgan fingerprint density at radius 2 is 2.12 bits per heavy atom. The number of amides is 1. The highest BCUT2D eigenvalue weighted by molar-refractivity contribution is 5.92. The van der Waals surface area contributed by atoms with E-state index in [0.717, 1.165) is 43.1 Å². The van der Waals surface area contributed by atoms with Crippen LogP contribution in [-0.2, 0) is 6.54 Å². The van der Waals surface area contributed by atoms with Crippen molar-refractivity contribution in [2.45, 2.75) is 26.8 Å². The molecule has 3 aromatic rings. The Kier molecular flexibility index (Phi) is 4.24. The third-order valence-electron chi connectivity index (χ3n) is 4.55. The fourth-order valence-corrected chi connectivity index (χ4v) is 3.07. The predicted octanol–water partition coefficient (Wildman–Crippen LogP) is 2.11. The molecule has 0 radical (unpaired) electrons. The SMILES string of the molecule is Cc1cccc(-c2cn(CCC3CN(C(=O)c4cc(C)on4)C3)nn2)n1. The van der Waals surface area contributed by atoms with Crippen molar-refractivity contribution in [1.82, 2.24) is 30.0 Å². The Balaban J connectivity index is 1.28. The molecule has 4 rings (SSSR count). The van der Waals surface area contributed by atoms with Gasteiger partial charge in [-0.05, 0) is 38.3 Å². The van der Waals surface area contributed by atoms with Gasteiger partial charge in [0.05, 0.1) is 11.9 Å². The van der Waals surface area contributed by atoms with E-state index in [9.17, 15) is 4.79 Å². The number of hydrogen-bond donors (Lipinski definition) is 0. The maximum atomic E-state index is 12.2. The molecule has 8 heteroatoms. The summed E-state index contributed by atoms with van der Waals surface area (Å²) in [5.41, 5.74) is 2.95. The second-order valence-corrected chi connectivity index (χ2v) is 6.72. The lowest BCUT2D eigenvalue weighted by molar-refractivity contribution is 0.0465. The van der Waals surface area contributed by atoms with Crippen molar-refractivity contribution in [3.63, 3.8) is 0 Å². The van der Waals surface area contributed by atoms with Crippen LogP contribution in [0.2, 0.25) is 0 Å². The van der Waals surface area contributed by atoms with E-state index in [0.29, 0.717) is 17.4 Å². The highest BCUT2D eigenvalue weighted by Gasteiger charge is 2.32. The van der Waals surface area contributed by atoms with Gasteiger partial charge in [0, 0.05) is 31.4 Å². The molecule has 1 fully saturated rings. The number of likely N-dealkylation sites (tertiary alicyclic amines) is 1. The Bertz CT molecular complexity index is 925. The molecule has 134 valence electrons. The van der Waals surface area contributed by atoms with Crippen LogP contribution < -0.4 is 0 Å². The molecule has 26 heavy (non-hydrogen) atoms. The second kappa shape index (κ2) is 6.70. The van der Waals surface area contributed by atoms with E-state index in [2.05, 4.69) is 20.5 Å². The summed E-state index contributed by atoms with van der Waals surface area (Å²) in [7, 11) is 0. The zero-order valence-electron chi connectivity index (χ0n) is 14.8. The van der Waals surface area contributed by atoms with Gasteiger partial charge in [0.25, 0.3) is 5.91 Å². The number of nitrogens with zero attached hydrogens (tertiary/aromatic N) is 6. The normalized spacial score (nSPS) is 14.5. The summed E-state index contributed by atoms with van der Waals surface area (Å²) >= 11 is 0. The van der Waals surface area contributed by atoms with Crippen LogP contribution >= 0.6 is 0 Å². The lowest BCUT2D eigenvalue weighted by Crippen LogP contribution is -2.50. The summed E-state index contributed by atoms with van der Waals surface area (Å²) in [4.78, 5) is 18.5. The molecule has 1 aliphatic heterocycles. The molecule has 8 nitrogen and oxygen atoms in total. The first kappa shape index (κ1) is 16.4. The molecule has 1 aliphatic rings. The minimum atomic E-state index is -0.0633. The van der Waals surface area contributed by atoms with Crippen molar-refractivity contribution >= 4 is 5.91 Å². The van der Waals surface area contributed by atoms with Crippen LogP contribution in [0.4, 0.5) is 0 Å². The van der Waals surface area contributed by atoms with Crippen molar-refractivity contribution in [2.24, 2.45) is 5.92 Å². The summed E-state index contributed by atoms with van der Waals surface area (Å²) in [6.45, 7) is 5.99. The van der Waals surface area contributed by atoms with Crippen LogP contribution in [0.3, 0.4) is 0 Å². The fraction of sp³-hybridized carbons (Fsp3) is 0.389. The van der Waals surface area contributed by atoms with Gasteiger partial charge in [-0.3, -0.25) is 14.5 Å². The zero-order chi connectivity index (χ0) is 18.1. The molecule has 4 heterocycles. The molecular formula is C18H20N6O2. The van der Waals surface area contributed by atoms with Gasteiger partial charge in [0.2, 0.25) is 0 Å². The Labute approximate surface area is 150 Å². The fourth-order valence-electron chi connectivity index (χ4n) is 3.07. The first-order valence-corrected chi connectivity index (χ1v) is 8.65. The lowest BCUT2D eigenvalue weighted by atomic mass is 9.96. The first-order valence-electron chi connectivity index (χ1n) is 8.65. The second-order valence-electron chi connectivity index (χ2n) is 6.72. The molecule has 1 saturated heterocycles. The molecule has 0 spiro atoms. The zero-order valence-corrected chi connectivity index (χ0v) is 14.8. The molecule has 0 atom stereocenters. The van der Waals surface area contributed by atoms with Gasteiger partial charge in [-0.15, -0.1) is 5.10 Å². The van der Waals surface area contributed by atoms with E-state index < -0.39 is 0 Å². The Morgan fingerprint density at radius 3 is 2.85 bits per heavy atom. The summed E-state index contributed by atoms with van der Waals surface area (Å²) < 4.78 is 6.80. The summed E-state index contributed by atoms with van der Waals surface area (Å²) in [6, 6.07) is 7.53. The van der Waals surface area contributed by atoms with Gasteiger partial charge in [-0.1, -0.05) is 16.4 Å². The van der Waals surface area contributed by atoms with Crippen LogP contribution in [0.25, 0.3) is 11.4 Å². The molecule has 0 bridgehead atoms. The number of hydrogen-bond acceptors (Lipinski definition) is 6. The van der Waals surface area contributed by atoms with Gasteiger partial charge < -0.3 is 9.42 Å². The molecule has 1 amide bonds. The summed E-state index contributed by atoms with van der Waals surface area (Å²) in [5.74, 6) is 1.05. The molecule has 0 aromatic carbocycles. The number of carbonyl (C=O) groups is 1. The quantitative estimate of drug-likeness (QED) is 0.698. The number of aryl methyl sites for hydroxylation is 3. The van der Waals surface area contributed by atoms with E-state index >= 15 is 0 Å². The lowest BCUT2D eigenvalue weighted by Gasteiger charge is -2.38. The minimum Gasteiger partial charge on any atom is -0.361 e. The molecular weight excluding hydrogens is 332 g/mol. The standard InChI is InChI=1S/C18H20N6O2/c1-12-4-3-5-15(19-12)17-11-24(22-20-17)7-6-14-9-23(10-14)18(25)16-8-13(2)26-21-16/h3-5,8,11,14H,6-7,9-10H2,1-2H3. The highest BCUT2D eigenvalue weighted by Crippen LogP contribution is 2.22. The maximum Gasteiger partial charge on any atom is 0.276 e. The van der Waals surface area contributed by atoms with Crippen molar-refractivity contribution in [3.05, 3.63) is 47.6 Å². The van der Waals surface area contributed by atoms with Crippen LogP contribution in [0.1, 0.15) is 28.4 Å². The van der Waals surface area contributed by atoms with Gasteiger partial charge >= 0.3 is 0 Å². The largest absolute Gasteiger partial charge is 0.361 e. The predicted molar refractivity (Wildman–Crippen MR) is 93.2 cm³/mol. The van der Waals surface area contributed by atoms with Gasteiger partial charge in [0.1, 0.15) is 11.5 Å². The third kappa shape index (κ3) is 3.35. The molecule has 0 aliphatic carbocycles. The molecule has 0 unspecified atom stereocenters. The average Bonchev–Trinajstić information content (AvgIpc) is 3.22. The maximum absolute atomic E-state index is 12.2. The van der Waals surface area contributed by atoms with Crippen molar-refractivity contribution in [3.8, 4) is 11.4 Å². The van der Waals surface area contributed by atoms with Crippen molar-refractivity contribution in [1.29, 1.82) is 0 Å². The number of aromatic nitrogens is 5. The van der Waals surface area contributed by atoms with Crippen LogP contribution in [-0.4, -0.2) is 49.0 Å². The summed E-state index contributed by atoms with van der Waals surface area (Å²) in [6.07, 6.45) is 2.87. The monoisotopic (exact) mass is 352 g/mol. The van der Waals surface area contributed by atoms with E-state index in [1.54, 1.807) is 17.9 Å². The topological polar surface area (TPSA) is 89.9 Å². The third-order valence-corrected chi connectivity index (χ3v) is 4.55. The van der Waals surface area contributed by atoms with Crippen LogP contribution in [0, 0.1) is 19.8 Å². The Morgan fingerprint density at radius 1 is 1.27 bits per heavy atom. The molecule has 0 saturated carbocycles. The summed E-state index contributed by atoms with van der Waals surface area (Å²) in [5, 5.41) is 12.2. The van der Waals surface area contributed by atoms with Gasteiger partial charge in [-0.25, -0.2) is 0 Å². The average molecular weight is 352 g/mol.